The molecule has 0 fully saturated rings. The average Bonchev–Trinajstić information content (AvgIpc) is 2.46. The van der Waals surface area contributed by atoms with Crippen LogP contribution in [0.4, 0.5) is 5.69 Å². The van der Waals surface area contributed by atoms with Crippen LogP contribution in [0.1, 0.15) is 5.56 Å². The van der Waals surface area contributed by atoms with E-state index in [2.05, 4.69) is 0 Å². The molecule has 0 aliphatic rings. The molecule has 0 radical (unpaired) electrons. The van der Waals surface area contributed by atoms with Crippen molar-refractivity contribution in [1.29, 1.82) is 5.26 Å². The van der Waals surface area contributed by atoms with Gasteiger partial charge in [0.15, 0.2) is 5.56 Å². The number of hydrogen-bond donors (Lipinski definition) is 0. The lowest BCUT2D eigenvalue weighted by Crippen LogP contribution is -2.16. The maximum absolute atomic E-state index is 11.9. The molecule has 0 aliphatic carbocycles. The van der Waals surface area contributed by atoms with Gasteiger partial charge in [-0.25, -0.2) is 4.79 Å². The Balaban J connectivity index is 2.64. The van der Waals surface area contributed by atoms with Crippen LogP contribution in [0.25, 0.3) is 11.3 Å². The minimum atomic E-state index is -0.642. The zero-order chi connectivity index (χ0) is 14.7. The molecule has 0 saturated heterocycles. The van der Waals surface area contributed by atoms with E-state index in [1.165, 1.54) is 0 Å². The van der Waals surface area contributed by atoms with E-state index in [-0.39, 0.29) is 5.56 Å². The highest BCUT2D eigenvalue weighted by Crippen LogP contribution is 2.27. The highest BCUT2D eigenvalue weighted by atomic mass is 16.5. The summed E-state index contributed by atoms with van der Waals surface area (Å²) in [6, 6.07) is 10.7. The summed E-state index contributed by atoms with van der Waals surface area (Å²) in [5.74, 6) is 1.07. The fourth-order valence-corrected chi connectivity index (χ4v) is 1.86. The smallest absolute Gasteiger partial charge is 0.356 e. The predicted octanol–water partition coefficient (Wildman–Crippen LogP) is 2.25. The average molecular weight is 270 g/mol. The van der Waals surface area contributed by atoms with Crippen LogP contribution in [-0.2, 0) is 0 Å². The molecule has 0 unspecified atom stereocenters. The van der Waals surface area contributed by atoms with Crippen molar-refractivity contribution in [3.8, 4) is 23.1 Å². The van der Waals surface area contributed by atoms with Crippen LogP contribution in [-0.4, -0.2) is 21.2 Å². The van der Waals surface area contributed by atoms with Gasteiger partial charge in [0.05, 0.1) is 12.8 Å². The topological polar surface area (TPSA) is 66.5 Å². The van der Waals surface area contributed by atoms with Gasteiger partial charge >= 0.3 is 5.63 Å². The minimum absolute atomic E-state index is 0.00152. The molecule has 2 aromatic rings. The van der Waals surface area contributed by atoms with Crippen molar-refractivity contribution >= 4 is 5.69 Å². The van der Waals surface area contributed by atoms with Crippen LogP contribution in [0.2, 0.25) is 0 Å². The van der Waals surface area contributed by atoms with Gasteiger partial charge in [-0.3, -0.25) is 0 Å². The lowest BCUT2D eigenvalue weighted by molar-refractivity contribution is 0.414. The molecule has 1 aromatic carbocycles. The summed E-state index contributed by atoms with van der Waals surface area (Å²) in [6.45, 7) is 0. The molecule has 0 saturated carbocycles. The molecule has 0 N–H and O–H groups in total. The monoisotopic (exact) mass is 270 g/mol. The Morgan fingerprint density at radius 1 is 1.30 bits per heavy atom. The maximum atomic E-state index is 11.9. The first-order chi connectivity index (χ1) is 9.56. The summed E-state index contributed by atoms with van der Waals surface area (Å²) in [4.78, 5) is 13.6. The van der Waals surface area contributed by atoms with E-state index in [1.54, 1.807) is 44.3 Å². The number of nitrogens with zero attached hydrogens (tertiary/aromatic N) is 2. The van der Waals surface area contributed by atoms with E-state index in [9.17, 15) is 4.79 Å². The second kappa shape index (κ2) is 5.49. The van der Waals surface area contributed by atoms with E-state index in [4.69, 9.17) is 14.4 Å². The van der Waals surface area contributed by atoms with Crippen molar-refractivity contribution in [1.82, 2.24) is 0 Å². The van der Waals surface area contributed by atoms with Crippen LogP contribution in [0.15, 0.2) is 39.5 Å². The molecule has 0 aliphatic heterocycles. The van der Waals surface area contributed by atoms with Crippen molar-refractivity contribution < 1.29 is 9.15 Å². The Hall–Kier alpha value is -2.74. The van der Waals surface area contributed by atoms with Crippen molar-refractivity contribution in [3.63, 3.8) is 0 Å². The van der Waals surface area contributed by atoms with Crippen molar-refractivity contribution in [2.75, 3.05) is 26.1 Å². The first-order valence-corrected chi connectivity index (χ1v) is 5.97. The quantitative estimate of drug-likeness (QED) is 0.855. The van der Waals surface area contributed by atoms with Gasteiger partial charge in [-0.2, -0.15) is 5.26 Å². The minimum Gasteiger partial charge on any atom is -0.497 e. The fraction of sp³-hybridized carbons (Fsp3) is 0.200. The van der Waals surface area contributed by atoms with E-state index in [1.807, 2.05) is 18.2 Å². The molecule has 0 spiro atoms. The third kappa shape index (κ3) is 2.50. The SMILES string of the molecule is COc1cccc(-c2cc(N(C)C)c(C#N)c(=O)o2)c1. The van der Waals surface area contributed by atoms with E-state index in [0.29, 0.717) is 22.8 Å². The molecular weight excluding hydrogens is 256 g/mol. The Labute approximate surface area is 116 Å². The lowest BCUT2D eigenvalue weighted by Gasteiger charge is -2.14. The van der Waals surface area contributed by atoms with Gasteiger partial charge in [0.1, 0.15) is 17.6 Å². The number of methoxy groups -OCH3 is 1. The molecular formula is C15H14N2O3. The summed E-state index contributed by atoms with van der Waals surface area (Å²) in [5.41, 5.74) is 0.605. The first kappa shape index (κ1) is 13.7. The molecule has 1 aromatic heterocycles. The first-order valence-electron chi connectivity index (χ1n) is 5.97. The summed E-state index contributed by atoms with van der Waals surface area (Å²) in [6.07, 6.45) is 0. The third-order valence-corrected chi connectivity index (χ3v) is 2.88. The van der Waals surface area contributed by atoms with Gasteiger partial charge in [-0.05, 0) is 12.1 Å². The van der Waals surface area contributed by atoms with Gasteiger partial charge in [-0.1, -0.05) is 12.1 Å². The summed E-state index contributed by atoms with van der Waals surface area (Å²) in [5, 5.41) is 9.04. The van der Waals surface area contributed by atoms with Gasteiger partial charge < -0.3 is 14.1 Å². The Morgan fingerprint density at radius 3 is 2.65 bits per heavy atom. The number of nitriles is 1. The second-order valence-electron chi connectivity index (χ2n) is 4.40. The molecule has 5 nitrogen and oxygen atoms in total. The molecule has 0 bridgehead atoms. The van der Waals surface area contributed by atoms with Crippen molar-refractivity contribution in [2.45, 2.75) is 0 Å². The van der Waals surface area contributed by atoms with Crippen molar-refractivity contribution in [3.05, 3.63) is 46.3 Å². The molecule has 0 atom stereocenters. The van der Waals surface area contributed by atoms with Crippen LogP contribution in [0, 0.1) is 11.3 Å². The Morgan fingerprint density at radius 2 is 2.05 bits per heavy atom. The normalized spacial score (nSPS) is 9.90. The number of hydrogen-bond acceptors (Lipinski definition) is 5. The Kier molecular flexibility index (Phi) is 3.76. The number of anilines is 1. The van der Waals surface area contributed by atoms with Gasteiger partial charge in [-0.15, -0.1) is 0 Å². The van der Waals surface area contributed by atoms with Gasteiger partial charge in [0.25, 0.3) is 0 Å². The lowest BCUT2D eigenvalue weighted by atomic mass is 10.1. The molecule has 5 heteroatoms. The highest BCUT2D eigenvalue weighted by Gasteiger charge is 2.14. The van der Waals surface area contributed by atoms with Crippen LogP contribution in [0.3, 0.4) is 0 Å². The van der Waals surface area contributed by atoms with E-state index >= 15 is 0 Å². The number of ether oxygens (including phenoxy) is 1. The van der Waals surface area contributed by atoms with Crippen molar-refractivity contribution in [2.24, 2.45) is 0 Å². The molecule has 2 rings (SSSR count). The largest absolute Gasteiger partial charge is 0.497 e. The van der Waals surface area contributed by atoms with Gasteiger partial charge in [0, 0.05) is 25.7 Å². The number of rotatable bonds is 3. The van der Waals surface area contributed by atoms with Crippen LogP contribution in [0.5, 0.6) is 5.75 Å². The summed E-state index contributed by atoms with van der Waals surface area (Å²) >= 11 is 0. The van der Waals surface area contributed by atoms with E-state index in [0.717, 1.165) is 0 Å². The Bertz CT molecular complexity index is 727. The van der Waals surface area contributed by atoms with Crippen LogP contribution >= 0.6 is 0 Å². The highest BCUT2D eigenvalue weighted by molar-refractivity contribution is 5.67. The molecule has 0 amide bonds. The second-order valence-corrected chi connectivity index (χ2v) is 4.40. The van der Waals surface area contributed by atoms with Gasteiger partial charge in [0.2, 0.25) is 0 Å². The third-order valence-electron chi connectivity index (χ3n) is 2.88. The zero-order valence-electron chi connectivity index (χ0n) is 11.5. The molecule has 20 heavy (non-hydrogen) atoms. The fourth-order valence-electron chi connectivity index (χ4n) is 1.86. The number of benzene rings is 1. The summed E-state index contributed by atoms with van der Waals surface area (Å²) < 4.78 is 10.4. The zero-order valence-corrected chi connectivity index (χ0v) is 11.5. The molecule has 102 valence electrons. The summed E-state index contributed by atoms with van der Waals surface area (Å²) in [7, 11) is 5.11. The molecule has 1 heterocycles. The standard InChI is InChI=1S/C15H14N2O3/c1-17(2)13-8-14(20-15(18)12(13)9-16)10-5-4-6-11(7-10)19-3/h4-8H,1-3H3. The predicted molar refractivity (Wildman–Crippen MR) is 76.0 cm³/mol. The van der Waals surface area contributed by atoms with E-state index < -0.39 is 5.63 Å². The van der Waals surface area contributed by atoms with Crippen LogP contribution < -0.4 is 15.3 Å². The maximum Gasteiger partial charge on any atom is 0.356 e.